The molecule has 0 radical (unpaired) electrons. The largest absolute Gasteiger partial charge is 0.318 e. The zero-order valence-corrected chi connectivity index (χ0v) is 12.3. The van der Waals surface area contributed by atoms with Gasteiger partial charge >= 0.3 is 0 Å². The van der Waals surface area contributed by atoms with Crippen molar-refractivity contribution in [2.24, 2.45) is 11.8 Å². The molecule has 1 aliphatic heterocycles. The maximum atomic E-state index is 3.46. The topological polar surface area (TPSA) is 12.0 Å². The Morgan fingerprint density at radius 1 is 1.07 bits per heavy atom. The van der Waals surface area contributed by atoms with Gasteiger partial charge in [-0.05, 0) is 13.1 Å². The summed E-state index contributed by atoms with van der Waals surface area (Å²) in [7, 11) is 0. The van der Waals surface area contributed by atoms with E-state index in [1.165, 1.54) is 5.56 Å². The zero-order chi connectivity index (χ0) is 9.97. The normalized spacial score (nSPS) is 25.9. The van der Waals surface area contributed by atoms with Crippen LogP contribution in [-0.2, 0) is 21.1 Å². The Hall–Kier alpha value is -0.262. The zero-order valence-electron chi connectivity index (χ0n) is 9.36. The second-order valence-corrected chi connectivity index (χ2v) is 4.28. The van der Waals surface area contributed by atoms with Gasteiger partial charge in [0.05, 0.1) is 0 Å². The van der Waals surface area contributed by atoms with Gasteiger partial charge in [-0.15, -0.1) is 12.1 Å². The van der Waals surface area contributed by atoms with E-state index in [1.54, 1.807) is 5.92 Å². The van der Waals surface area contributed by atoms with Crippen LogP contribution in [0.1, 0.15) is 19.4 Å². The van der Waals surface area contributed by atoms with Gasteiger partial charge in [-0.25, -0.2) is 0 Å². The van der Waals surface area contributed by atoms with Crippen molar-refractivity contribution >= 4 is 0 Å². The second-order valence-electron chi connectivity index (χ2n) is 4.28. The Kier molecular flexibility index (Phi) is 4.89. The molecule has 2 heteroatoms. The molecule has 0 saturated carbocycles. The third kappa shape index (κ3) is 2.86. The number of hydrogen-bond donors (Lipinski definition) is 1. The first kappa shape index (κ1) is 12.8. The van der Waals surface area contributed by atoms with Crippen LogP contribution in [0.4, 0.5) is 0 Å². The number of benzene rings is 1. The van der Waals surface area contributed by atoms with E-state index in [1.807, 2.05) is 0 Å². The summed E-state index contributed by atoms with van der Waals surface area (Å²) in [5.41, 5.74) is 1.43. The number of piperidine rings is 1. The van der Waals surface area contributed by atoms with E-state index in [2.05, 4.69) is 49.5 Å². The Balaban J connectivity index is 0.00000112. The van der Waals surface area contributed by atoms with Crippen molar-refractivity contribution in [2.45, 2.75) is 13.8 Å². The average Bonchev–Trinajstić information content (AvgIpc) is 2.19. The molecular weight excluding hydrogens is 354 g/mol. The van der Waals surface area contributed by atoms with E-state index in [9.17, 15) is 0 Å². The molecule has 1 fully saturated rings. The van der Waals surface area contributed by atoms with Gasteiger partial charge in [0.2, 0.25) is 0 Å². The van der Waals surface area contributed by atoms with Crippen LogP contribution in [0.25, 0.3) is 0 Å². The van der Waals surface area contributed by atoms with Crippen molar-refractivity contribution in [3.05, 3.63) is 41.8 Å². The van der Waals surface area contributed by atoms with E-state index >= 15 is 0 Å². The third-order valence-electron chi connectivity index (χ3n) is 3.07. The molecule has 1 heterocycles. The van der Waals surface area contributed by atoms with Gasteiger partial charge in [-0.3, -0.25) is 0 Å². The van der Waals surface area contributed by atoms with E-state index in [-0.39, 0.29) is 21.1 Å². The van der Waals surface area contributed by atoms with Crippen LogP contribution in [0, 0.1) is 17.8 Å². The average molecular weight is 372 g/mol. The first-order valence-corrected chi connectivity index (χ1v) is 5.42. The van der Waals surface area contributed by atoms with Crippen LogP contribution in [0.2, 0.25) is 0 Å². The summed E-state index contributed by atoms with van der Waals surface area (Å²) in [5.74, 6) is 2.95. The van der Waals surface area contributed by atoms with Crippen LogP contribution in [-0.4, -0.2) is 13.1 Å². The fourth-order valence-corrected chi connectivity index (χ4v) is 2.42. The maximum absolute atomic E-state index is 3.46. The Bertz CT molecular complexity index is 276. The van der Waals surface area contributed by atoms with Crippen LogP contribution >= 0.6 is 0 Å². The number of nitrogens with one attached hydrogen (secondary N) is 1. The summed E-state index contributed by atoms with van der Waals surface area (Å²) in [6.07, 6.45) is 0. The Labute approximate surface area is 107 Å². The van der Waals surface area contributed by atoms with E-state index in [0.717, 1.165) is 13.1 Å². The molecule has 1 aliphatic rings. The SMILES string of the molecule is CC1CNCC(C)[C-]1c1ccccc1.[W]. The summed E-state index contributed by atoms with van der Waals surface area (Å²) >= 11 is 0. The molecule has 15 heavy (non-hydrogen) atoms. The molecule has 2 rings (SSSR count). The van der Waals surface area contributed by atoms with E-state index in [4.69, 9.17) is 0 Å². The number of hydrogen-bond acceptors (Lipinski definition) is 1. The molecule has 0 spiro atoms. The van der Waals surface area contributed by atoms with Crippen molar-refractivity contribution in [1.82, 2.24) is 5.32 Å². The van der Waals surface area contributed by atoms with Crippen molar-refractivity contribution < 1.29 is 21.1 Å². The van der Waals surface area contributed by atoms with Gasteiger partial charge < -0.3 is 5.32 Å². The van der Waals surface area contributed by atoms with Gasteiger partial charge in [-0.2, -0.15) is 23.6 Å². The van der Waals surface area contributed by atoms with Crippen molar-refractivity contribution in [1.29, 1.82) is 0 Å². The van der Waals surface area contributed by atoms with Crippen LogP contribution < -0.4 is 5.32 Å². The van der Waals surface area contributed by atoms with Gasteiger partial charge in [0.25, 0.3) is 0 Å². The minimum atomic E-state index is 0. The van der Waals surface area contributed by atoms with Crippen LogP contribution in [0.3, 0.4) is 0 Å². The molecule has 1 aromatic carbocycles. The van der Waals surface area contributed by atoms with Gasteiger partial charge in [0.15, 0.2) is 0 Å². The number of rotatable bonds is 1. The molecule has 0 bridgehead atoms. The molecule has 1 saturated heterocycles. The fraction of sp³-hybridized carbons (Fsp3) is 0.462. The van der Waals surface area contributed by atoms with Crippen LogP contribution in [0.5, 0.6) is 0 Å². The van der Waals surface area contributed by atoms with Gasteiger partial charge in [-0.1, -0.05) is 31.7 Å². The molecule has 1 aromatic rings. The van der Waals surface area contributed by atoms with Gasteiger partial charge in [0, 0.05) is 21.1 Å². The molecule has 1 nitrogen and oxygen atoms in total. The quantitative estimate of drug-likeness (QED) is 0.748. The summed E-state index contributed by atoms with van der Waals surface area (Å²) in [5, 5.41) is 3.46. The first-order valence-electron chi connectivity index (χ1n) is 5.42. The van der Waals surface area contributed by atoms with Gasteiger partial charge in [0.1, 0.15) is 0 Å². The van der Waals surface area contributed by atoms with E-state index < -0.39 is 0 Å². The molecule has 0 aliphatic carbocycles. The Morgan fingerprint density at radius 3 is 2.13 bits per heavy atom. The summed E-state index contributed by atoms with van der Waals surface area (Å²) in [4.78, 5) is 0. The van der Waals surface area contributed by atoms with Crippen molar-refractivity contribution in [2.75, 3.05) is 13.1 Å². The second kappa shape index (κ2) is 5.72. The predicted molar refractivity (Wildman–Crippen MR) is 60.0 cm³/mol. The minimum absolute atomic E-state index is 0. The summed E-state index contributed by atoms with van der Waals surface area (Å²) in [6, 6.07) is 10.8. The fourth-order valence-electron chi connectivity index (χ4n) is 2.42. The molecule has 0 amide bonds. The van der Waals surface area contributed by atoms with Crippen LogP contribution in [0.15, 0.2) is 30.3 Å². The third-order valence-corrected chi connectivity index (χ3v) is 3.07. The minimum Gasteiger partial charge on any atom is -0.318 e. The standard InChI is InChI=1S/C13H18N.W/c1-10-8-14-9-11(2)13(10)12-6-4-3-5-7-12;/h3-7,10-11,14H,8-9H2,1-2H3;/q-1;. The molecule has 82 valence electrons. The molecule has 2 atom stereocenters. The molecule has 1 N–H and O–H groups in total. The summed E-state index contributed by atoms with van der Waals surface area (Å²) in [6.45, 7) is 6.86. The molecule has 0 aromatic heterocycles. The van der Waals surface area contributed by atoms with Crippen molar-refractivity contribution in [3.63, 3.8) is 0 Å². The summed E-state index contributed by atoms with van der Waals surface area (Å²) < 4.78 is 0. The van der Waals surface area contributed by atoms with Crippen molar-refractivity contribution in [3.8, 4) is 0 Å². The first-order chi connectivity index (χ1) is 6.79. The predicted octanol–water partition coefficient (Wildman–Crippen LogP) is 2.48. The molecular formula is C13H18NW-. The molecule has 2 unspecified atom stereocenters. The van der Waals surface area contributed by atoms with E-state index in [0.29, 0.717) is 11.8 Å². The smallest absolute Gasteiger partial charge is 0 e. The Morgan fingerprint density at radius 2 is 1.60 bits per heavy atom. The maximum Gasteiger partial charge on any atom is 0 e. The monoisotopic (exact) mass is 372 g/mol.